The van der Waals surface area contributed by atoms with Crippen LogP contribution in [0, 0.1) is 11.7 Å². The highest BCUT2D eigenvalue weighted by Gasteiger charge is 2.32. The van der Waals surface area contributed by atoms with Crippen LogP contribution in [0.5, 0.6) is 0 Å². The van der Waals surface area contributed by atoms with Gasteiger partial charge < -0.3 is 19.7 Å². The number of aliphatic hydroxyl groups excluding tert-OH is 1. The van der Waals surface area contributed by atoms with Gasteiger partial charge in [-0.3, -0.25) is 4.79 Å². The summed E-state index contributed by atoms with van der Waals surface area (Å²) in [6, 6.07) is 9.38. The molecule has 1 fully saturated rings. The zero-order chi connectivity index (χ0) is 21.3. The van der Waals surface area contributed by atoms with Gasteiger partial charge in [-0.1, -0.05) is 29.7 Å². The number of aromatic nitrogens is 2. The van der Waals surface area contributed by atoms with Crippen molar-refractivity contribution < 1.29 is 14.3 Å². The van der Waals surface area contributed by atoms with Gasteiger partial charge in [0, 0.05) is 32.0 Å². The van der Waals surface area contributed by atoms with Crippen LogP contribution in [0.1, 0.15) is 28.0 Å². The number of halogens is 1. The van der Waals surface area contributed by atoms with Crippen LogP contribution in [0.3, 0.4) is 0 Å². The van der Waals surface area contributed by atoms with Crippen LogP contribution in [-0.4, -0.2) is 59.4 Å². The van der Waals surface area contributed by atoms with Crippen LogP contribution in [0.25, 0.3) is 5.65 Å². The first kappa shape index (κ1) is 20.6. The molecule has 3 heterocycles. The molecule has 0 saturated carbocycles. The fourth-order valence-electron chi connectivity index (χ4n) is 4.15. The average Bonchev–Trinajstić information content (AvgIpc) is 3.15. The number of pyridine rings is 1. The summed E-state index contributed by atoms with van der Waals surface area (Å²) in [7, 11) is 7.57. The number of β-amino-alcohol motifs (C(OH)–C–C–N with tert-alkyl or cyclic N) is 1. The van der Waals surface area contributed by atoms with E-state index in [0.29, 0.717) is 13.0 Å². The van der Waals surface area contributed by atoms with Crippen molar-refractivity contribution in [2.75, 3.05) is 20.1 Å². The van der Waals surface area contributed by atoms with Crippen LogP contribution in [0.4, 0.5) is 4.39 Å². The van der Waals surface area contributed by atoms with E-state index in [4.69, 9.17) is 7.85 Å². The number of nitrogens with zero attached hydrogens (tertiary/aromatic N) is 3. The molecule has 30 heavy (non-hydrogen) atoms. The molecule has 0 spiro atoms. The van der Waals surface area contributed by atoms with E-state index >= 15 is 0 Å². The minimum atomic E-state index is -0.630. The quantitative estimate of drug-likeness (QED) is 0.622. The molecule has 2 N–H and O–H groups in total. The number of hydrogen-bond acceptors (Lipinski definition) is 4. The highest BCUT2D eigenvalue weighted by Crippen LogP contribution is 2.25. The van der Waals surface area contributed by atoms with Crippen LogP contribution < -0.4 is 10.8 Å². The molecule has 4 rings (SSSR count). The number of amides is 1. The van der Waals surface area contributed by atoms with E-state index < -0.39 is 11.9 Å². The molecule has 8 heteroatoms. The molecule has 1 aliphatic rings. The molecule has 1 aromatic carbocycles. The van der Waals surface area contributed by atoms with E-state index in [1.807, 2.05) is 19.2 Å². The molecule has 0 bridgehead atoms. The van der Waals surface area contributed by atoms with Gasteiger partial charge >= 0.3 is 0 Å². The molecule has 2 aromatic heterocycles. The number of aliphatic hydroxyl groups is 1. The van der Waals surface area contributed by atoms with Gasteiger partial charge in [0.1, 0.15) is 13.5 Å². The predicted octanol–water partition coefficient (Wildman–Crippen LogP) is 1.05. The Morgan fingerprint density at radius 3 is 2.83 bits per heavy atom. The Balaban J connectivity index is 1.45. The number of rotatable bonds is 5. The summed E-state index contributed by atoms with van der Waals surface area (Å²) in [6.07, 6.45) is 3.82. The molecule has 1 amide bonds. The molecule has 2 unspecified atom stereocenters. The smallest absolute Gasteiger partial charge is 0.274 e. The lowest BCUT2D eigenvalue weighted by molar-refractivity contribution is 0.0194. The maximum atomic E-state index is 14.0. The molecule has 1 aliphatic heterocycles. The number of benzene rings is 1. The van der Waals surface area contributed by atoms with Crippen molar-refractivity contribution in [3.05, 3.63) is 65.4 Å². The SMILES string of the molecule is [B]c1cc(F)c2nc(C(=O)N3CCC(Cc4ccccc4CNC)C(O)C3)cn2c1. The molecular weight excluding hydrogens is 382 g/mol. The number of nitrogens with one attached hydrogen (secondary N) is 1. The lowest BCUT2D eigenvalue weighted by Gasteiger charge is -2.36. The van der Waals surface area contributed by atoms with E-state index in [1.165, 1.54) is 34.0 Å². The Hall–Kier alpha value is -2.71. The Labute approximate surface area is 176 Å². The normalized spacial score (nSPS) is 19.4. The number of hydrogen-bond donors (Lipinski definition) is 2. The van der Waals surface area contributed by atoms with Gasteiger partial charge in [-0.15, -0.1) is 0 Å². The van der Waals surface area contributed by atoms with Crippen molar-refractivity contribution in [3.63, 3.8) is 0 Å². The third-order valence-electron chi connectivity index (χ3n) is 5.72. The zero-order valence-corrected chi connectivity index (χ0v) is 16.9. The van der Waals surface area contributed by atoms with Gasteiger partial charge in [-0.2, -0.15) is 0 Å². The Morgan fingerprint density at radius 2 is 2.10 bits per heavy atom. The van der Waals surface area contributed by atoms with Crippen LogP contribution >= 0.6 is 0 Å². The molecule has 2 radical (unpaired) electrons. The lowest BCUT2D eigenvalue weighted by Crippen LogP contribution is -2.47. The molecule has 3 aromatic rings. The molecule has 0 aliphatic carbocycles. The average molecular weight is 406 g/mol. The minimum absolute atomic E-state index is 0.0594. The number of fused-ring (bicyclic) bond motifs is 1. The van der Waals surface area contributed by atoms with E-state index in [0.717, 1.165) is 13.0 Å². The topological polar surface area (TPSA) is 69.9 Å². The fraction of sp³-hybridized carbons (Fsp3) is 0.364. The summed E-state index contributed by atoms with van der Waals surface area (Å²) in [6.45, 7) is 1.53. The largest absolute Gasteiger partial charge is 0.391 e. The van der Waals surface area contributed by atoms with Gasteiger partial charge in [0.25, 0.3) is 5.91 Å². The van der Waals surface area contributed by atoms with Gasteiger partial charge in [-0.25, -0.2) is 9.37 Å². The van der Waals surface area contributed by atoms with Gasteiger partial charge in [0.2, 0.25) is 0 Å². The summed E-state index contributed by atoms with van der Waals surface area (Å²) >= 11 is 0. The monoisotopic (exact) mass is 406 g/mol. The van der Waals surface area contributed by atoms with Crippen molar-refractivity contribution in [3.8, 4) is 0 Å². The maximum absolute atomic E-state index is 14.0. The van der Waals surface area contributed by atoms with E-state index in [2.05, 4.69) is 22.4 Å². The number of likely N-dealkylation sites (tertiary alicyclic amines) is 1. The predicted molar refractivity (Wildman–Crippen MR) is 113 cm³/mol. The Bertz CT molecular complexity index is 1070. The first-order valence-electron chi connectivity index (χ1n) is 10.1. The standard InChI is InChI=1S/C22H24BFN4O2/c1-25-10-16-5-3-2-4-14(16)8-15-6-7-27(13-20(15)29)22(30)19-12-28-11-17(23)9-18(24)21(28)26-19/h2-5,9,11-12,15,20,25,29H,6-8,10,13H2,1H3. The number of piperidine rings is 1. The summed E-state index contributed by atoms with van der Waals surface area (Å²) in [4.78, 5) is 18.6. The summed E-state index contributed by atoms with van der Waals surface area (Å²) in [5.41, 5.74) is 2.89. The van der Waals surface area contributed by atoms with Crippen LogP contribution in [-0.2, 0) is 13.0 Å². The van der Waals surface area contributed by atoms with E-state index in [1.54, 1.807) is 4.90 Å². The van der Waals surface area contributed by atoms with Gasteiger partial charge in [0.15, 0.2) is 11.5 Å². The van der Waals surface area contributed by atoms with Gasteiger partial charge in [0.05, 0.1) is 6.10 Å². The Morgan fingerprint density at radius 1 is 1.33 bits per heavy atom. The van der Waals surface area contributed by atoms with E-state index in [-0.39, 0.29) is 35.2 Å². The highest BCUT2D eigenvalue weighted by molar-refractivity contribution is 6.32. The third-order valence-corrected chi connectivity index (χ3v) is 5.72. The number of carbonyl (C=O) groups is 1. The first-order valence-corrected chi connectivity index (χ1v) is 10.1. The molecule has 154 valence electrons. The Kier molecular flexibility index (Phi) is 5.88. The van der Waals surface area contributed by atoms with Crippen molar-refractivity contribution in [1.82, 2.24) is 19.6 Å². The van der Waals surface area contributed by atoms with Crippen molar-refractivity contribution in [2.45, 2.75) is 25.5 Å². The number of carbonyl (C=O) groups excluding carboxylic acids is 1. The second-order valence-corrected chi connectivity index (χ2v) is 7.85. The van der Waals surface area contributed by atoms with Crippen molar-refractivity contribution in [2.24, 2.45) is 5.92 Å². The van der Waals surface area contributed by atoms with E-state index in [9.17, 15) is 14.3 Å². The second kappa shape index (κ2) is 8.57. The van der Waals surface area contributed by atoms with Crippen molar-refractivity contribution in [1.29, 1.82) is 0 Å². The molecule has 6 nitrogen and oxygen atoms in total. The van der Waals surface area contributed by atoms with Crippen molar-refractivity contribution >= 4 is 24.9 Å². The van der Waals surface area contributed by atoms with Crippen LogP contribution in [0.2, 0.25) is 0 Å². The molecule has 1 saturated heterocycles. The third kappa shape index (κ3) is 4.11. The zero-order valence-electron chi connectivity index (χ0n) is 16.9. The molecular formula is C22H24BFN4O2. The minimum Gasteiger partial charge on any atom is -0.391 e. The van der Waals surface area contributed by atoms with Gasteiger partial charge in [-0.05, 0) is 43.0 Å². The summed E-state index contributed by atoms with van der Waals surface area (Å²) < 4.78 is 15.5. The second-order valence-electron chi connectivity index (χ2n) is 7.85. The summed E-state index contributed by atoms with van der Waals surface area (Å²) in [5.74, 6) is -0.817. The number of imidazole rings is 1. The first-order chi connectivity index (χ1) is 14.5. The maximum Gasteiger partial charge on any atom is 0.274 e. The fourth-order valence-corrected chi connectivity index (χ4v) is 4.15. The summed E-state index contributed by atoms with van der Waals surface area (Å²) in [5, 5.41) is 13.9. The van der Waals surface area contributed by atoms with Crippen LogP contribution in [0.15, 0.2) is 42.7 Å². The molecule has 2 atom stereocenters. The lowest BCUT2D eigenvalue weighted by atomic mass is 9.86. The highest BCUT2D eigenvalue weighted by atomic mass is 19.1.